The number of thiophene rings is 1. The fourth-order valence-electron chi connectivity index (χ4n) is 1.74. The highest BCUT2D eigenvalue weighted by Gasteiger charge is 2.16. The zero-order valence-corrected chi connectivity index (χ0v) is 12.7. The highest BCUT2D eigenvalue weighted by Crippen LogP contribution is 2.18. The number of hydrogen-bond acceptors (Lipinski definition) is 5. The van der Waals surface area contributed by atoms with Gasteiger partial charge in [0.25, 0.3) is 0 Å². The zero-order valence-electron chi connectivity index (χ0n) is 11.9. The average Bonchev–Trinajstić information content (AvgIpc) is 3.06. The molecule has 6 nitrogen and oxygen atoms in total. The summed E-state index contributed by atoms with van der Waals surface area (Å²) in [5, 5.41) is 16.5. The van der Waals surface area contributed by atoms with Crippen molar-refractivity contribution in [2.24, 2.45) is 0 Å². The maximum atomic E-state index is 11.8. The highest BCUT2D eigenvalue weighted by molar-refractivity contribution is 7.10. The molecule has 0 saturated carbocycles. The van der Waals surface area contributed by atoms with Crippen molar-refractivity contribution in [3.05, 3.63) is 46.7 Å². The number of aliphatic hydroxyl groups excluding tert-OH is 1. The van der Waals surface area contributed by atoms with Gasteiger partial charge in [-0.1, -0.05) is 12.1 Å². The predicted molar refractivity (Wildman–Crippen MR) is 83.9 cm³/mol. The number of anilines is 1. The molecule has 7 heteroatoms. The van der Waals surface area contributed by atoms with Gasteiger partial charge in [0.2, 0.25) is 0 Å². The van der Waals surface area contributed by atoms with E-state index in [4.69, 9.17) is 4.74 Å². The summed E-state index contributed by atoms with van der Waals surface area (Å²) in [6, 6.07) is 10.2. The molecule has 0 spiro atoms. The van der Waals surface area contributed by atoms with E-state index in [9.17, 15) is 14.7 Å². The Bertz CT molecular complexity index is 643. The standard InChI is InChI=1S/C15H16N2O4S/c1-21-11-5-2-4-10(8-11)17-15(20)14(19)16-9-12(18)13-6-3-7-22-13/h2-8,12,18H,9H2,1H3,(H,16,19)(H,17,20). The maximum Gasteiger partial charge on any atom is 0.313 e. The van der Waals surface area contributed by atoms with Crippen LogP contribution in [-0.4, -0.2) is 30.6 Å². The Kier molecular flexibility index (Phi) is 5.51. The number of rotatable bonds is 5. The number of carbonyl (C=O) groups is 2. The minimum absolute atomic E-state index is 0.0229. The van der Waals surface area contributed by atoms with Gasteiger partial charge in [0, 0.05) is 23.2 Å². The summed E-state index contributed by atoms with van der Waals surface area (Å²) in [6.45, 7) is -0.0229. The summed E-state index contributed by atoms with van der Waals surface area (Å²) in [4.78, 5) is 24.2. The van der Waals surface area contributed by atoms with Gasteiger partial charge < -0.3 is 20.5 Å². The molecule has 22 heavy (non-hydrogen) atoms. The van der Waals surface area contributed by atoms with E-state index in [-0.39, 0.29) is 6.54 Å². The smallest absolute Gasteiger partial charge is 0.313 e. The third-order valence-corrected chi connectivity index (χ3v) is 3.83. The van der Waals surface area contributed by atoms with Crippen molar-refractivity contribution in [3.8, 4) is 5.75 Å². The van der Waals surface area contributed by atoms with Crippen LogP contribution in [0.5, 0.6) is 5.75 Å². The lowest BCUT2D eigenvalue weighted by Crippen LogP contribution is -2.37. The average molecular weight is 320 g/mol. The fourth-order valence-corrected chi connectivity index (χ4v) is 2.45. The Morgan fingerprint density at radius 1 is 1.27 bits per heavy atom. The molecule has 2 amide bonds. The van der Waals surface area contributed by atoms with E-state index in [0.29, 0.717) is 11.4 Å². The van der Waals surface area contributed by atoms with Gasteiger partial charge in [-0.05, 0) is 23.6 Å². The van der Waals surface area contributed by atoms with Crippen LogP contribution in [0.2, 0.25) is 0 Å². The molecule has 0 aliphatic heterocycles. The van der Waals surface area contributed by atoms with Gasteiger partial charge in [0.15, 0.2) is 0 Å². The first-order valence-electron chi connectivity index (χ1n) is 6.55. The molecule has 1 unspecified atom stereocenters. The van der Waals surface area contributed by atoms with Crippen molar-refractivity contribution >= 4 is 28.8 Å². The summed E-state index contributed by atoms with van der Waals surface area (Å²) in [7, 11) is 1.51. The number of nitrogens with one attached hydrogen (secondary N) is 2. The lowest BCUT2D eigenvalue weighted by Gasteiger charge is -2.10. The topological polar surface area (TPSA) is 87.7 Å². The van der Waals surface area contributed by atoms with Crippen molar-refractivity contribution < 1.29 is 19.4 Å². The van der Waals surface area contributed by atoms with E-state index in [1.54, 1.807) is 36.4 Å². The van der Waals surface area contributed by atoms with Gasteiger partial charge in [-0.15, -0.1) is 11.3 Å². The second kappa shape index (κ2) is 7.58. The molecule has 0 fully saturated rings. The number of benzene rings is 1. The lowest BCUT2D eigenvalue weighted by molar-refractivity contribution is -0.136. The lowest BCUT2D eigenvalue weighted by atomic mass is 10.3. The molecule has 3 N–H and O–H groups in total. The van der Waals surface area contributed by atoms with Crippen LogP contribution < -0.4 is 15.4 Å². The molecule has 1 atom stereocenters. The first kappa shape index (κ1) is 16.0. The third-order valence-electron chi connectivity index (χ3n) is 2.86. The summed E-state index contributed by atoms with van der Waals surface area (Å²) in [5.41, 5.74) is 0.457. The fraction of sp³-hybridized carbons (Fsp3) is 0.200. The molecule has 0 saturated heterocycles. The van der Waals surface area contributed by atoms with Gasteiger partial charge in [-0.3, -0.25) is 9.59 Å². The van der Waals surface area contributed by atoms with Crippen molar-refractivity contribution in [1.29, 1.82) is 0 Å². The van der Waals surface area contributed by atoms with Gasteiger partial charge in [0.05, 0.1) is 7.11 Å². The minimum atomic E-state index is -0.825. The van der Waals surface area contributed by atoms with Crippen molar-refractivity contribution in [3.63, 3.8) is 0 Å². The van der Waals surface area contributed by atoms with Gasteiger partial charge in [-0.25, -0.2) is 0 Å². The monoisotopic (exact) mass is 320 g/mol. The first-order valence-corrected chi connectivity index (χ1v) is 7.43. The second-order valence-electron chi connectivity index (χ2n) is 4.43. The van der Waals surface area contributed by atoms with E-state index in [2.05, 4.69) is 10.6 Å². The van der Waals surface area contributed by atoms with Crippen molar-refractivity contribution in [2.45, 2.75) is 6.10 Å². The van der Waals surface area contributed by atoms with Gasteiger partial charge in [-0.2, -0.15) is 0 Å². The van der Waals surface area contributed by atoms with Crippen LogP contribution in [0.15, 0.2) is 41.8 Å². The molecule has 1 aromatic carbocycles. The Hall–Kier alpha value is -2.38. The van der Waals surface area contributed by atoms with Crippen molar-refractivity contribution in [2.75, 3.05) is 19.0 Å². The molecule has 1 aromatic heterocycles. The van der Waals surface area contributed by atoms with Crippen LogP contribution in [0.3, 0.4) is 0 Å². The summed E-state index contributed by atoms with van der Waals surface area (Å²) >= 11 is 1.38. The highest BCUT2D eigenvalue weighted by atomic mass is 32.1. The molecular formula is C15H16N2O4S. The molecule has 0 aliphatic carbocycles. The molecule has 0 radical (unpaired) electrons. The Morgan fingerprint density at radius 2 is 2.09 bits per heavy atom. The van der Waals surface area contributed by atoms with Crippen LogP contribution in [0.1, 0.15) is 11.0 Å². The van der Waals surface area contributed by atoms with Crippen molar-refractivity contribution in [1.82, 2.24) is 5.32 Å². The number of amides is 2. The molecular weight excluding hydrogens is 304 g/mol. The van der Waals surface area contributed by atoms with Crippen LogP contribution >= 0.6 is 11.3 Å². The van der Waals surface area contributed by atoms with E-state index in [0.717, 1.165) is 4.88 Å². The summed E-state index contributed by atoms with van der Waals surface area (Å²) < 4.78 is 5.03. The SMILES string of the molecule is COc1cccc(NC(=O)C(=O)NCC(O)c2cccs2)c1. The Balaban J connectivity index is 1.85. The first-order chi connectivity index (χ1) is 10.6. The summed E-state index contributed by atoms with van der Waals surface area (Å²) in [5.74, 6) is -1.03. The van der Waals surface area contributed by atoms with E-state index in [1.807, 2.05) is 5.38 Å². The normalized spacial score (nSPS) is 11.5. The van der Waals surface area contributed by atoms with Crippen LogP contribution in [0, 0.1) is 0 Å². The van der Waals surface area contributed by atoms with Gasteiger partial charge in [0.1, 0.15) is 11.9 Å². The predicted octanol–water partition coefficient (Wildman–Crippen LogP) is 1.54. The number of methoxy groups -OCH3 is 1. The minimum Gasteiger partial charge on any atom is -0.497 e. The van der Waals surface area contributed by atoms with Crippen LogP contribution in [0.25, 0.3) is 0 Å². The molecule has 1 heterocycles. The maximum absolute atomic E-state index is 11.8. The molecule has 0 bridgehead atoms. The third kappa shape index (κ3) is 4.31. The van der Waals surface area contributed by atoms with Crippen LogP contribution in [0.4, 0.5) is 5.69 Å². The number of ether oxygens (including phenoxy) is 1. The van der Waals surface area contributed by atoms with E-state index < -0.39 is 17.9 Å². The van der Waals surface area contributed by atoms with Gasteiger partial charge >= 0.3 is 11.8 Å². The molecule has 2 rings (SSSR count). The Morgan fingerprint density at radius 3 is 2.77 bits per heavy atom. The number of carbonyl (C=O) groups excluding carboxylic acids is 2. The zero-order chi connectivity index (χ0) is 15.9. The van der Waals surface area contributed by atoms with E-state index >= 15 is 0 Å². The van der Waals surface area contributed by atoms with Crippen LogP contribution in [-0.2, 0) is 9.59 Å². The Labute approximate surface area is 131 Å². The summed E-state index contributed by atoms with van der Waals surface area (Å²) in [6.07, 6.45) is -0.825. The number of hydrogen-bond donors (Lipinski definition) is 3. The molecule has 0 aliphatic rings. The quantitative estimate of drug-likeness (QED) is 0.729. The number of aliphatic hydroxyl groups is 1. The van der Waals surface area contributed by atoms with E-state index in [1.165, 1.54) is 18.4 Å². The molecule has 2 aromatic rings. The second-order valence-corrected chi connectivity index (χ2v) is 5.41. The largest absolute Gasteiger partial charge is 0.497 e. The molecule has 116 valence electrons.